The number of halogens is 2. The van der Waals surface area contributed by atoms with Gasteiger partial charge in [-0.2, -0.15) is 0 Å². The SMILES string of the molecule is CC(CCCC(C)C(=O)O)NC(=O)c1cc(Cl)c(Cl)[nH]1. The Bertz CT molecular complexity index is 468. The zero-order valence-electron chi connectivity index (χ0n) is 11.4. The molecule has 0 bridgehead atoms. The predicted molar refractivity (Wildman–Crippen MR) is 78.4 cm³/mol. The Kier molecular flexibility index (Phi) is 6.36. The van der Waals surface area contributed by atoms with Crippen LogP contribution in [0.1, 0.15) is 43.6 Å². The zero-order chi connectivity index (χ0) is 15.3. The van der Waals surface area contributed by atoms with E-state index in [9.17, 15) is 9.59 Å². The Morgan fingerprint density at radius 3 is 2.50 bits per heavy atom. The second-order valence-electron chi connectivity index (χ2n) is 4.89. The molecule has 0 radical (unpaired) electrons. The molecule has 1 heterocycles. The number of aromatic nitrogens is 1. The van der Waals surface area contributed by atoms with E-state index in [-0.39, 0.29) is 23.0 Å². The van der Waals surface area contributed by atoms with Crippen LogP contribution in [0.5, 0.6) is 0 Å². The number of hydrogen-bond acceptors (Lipinski definition) is 2. The Morgan fingerprint density at radius 1 is 1.35 bits per heavy atom. The largest absolute Gasteiger partial charge is 0.481 e. The van der Waals surface area contributed by atoms with Crippen LogP contribution in [-0.2, 0) is 4.79 Å². The maximum absolute atomic E-state index is 11.9. The summed E-state index contributed by atoms with van der Waals surface area (Å²) in [7, 11) is 0. The molecule has 0 aromatic carbocycles. The highest BCUT2D eigenvalue weighted by atomic mass is 35.5. The molecule has 0 aliphatic rings. The molecule has 7 heteroatoms. The van der Waals surface area contributed by atoms with Crippen LogP contribution in [0.2, 0.25) is 10.2 Å². The van der Waals surface area contributed by atoms with Gasteiger partial charge in [0.05, 0.1) is 10.9 Å². The number of hydrogen-bond donors (Lipinski definition) is 3. The molecule has 1 amide bonds. The van der Waals surface area contributed by atoms with Gasteiger partial charge < -0.3 is 15.4 Å². The molecule has 1 rings (SSSR count). The Labute approximate surface area is 127 Å². The lowest BCUT2D eigenvalue weighted by Crippen LogP contribution is -2.32. The van der Waals surface area contributed by atoms with Crippen molar-refractivity contribution in [2.24, 2.45) is 5.92 Å². The number of carbonyl (C=O) groups is 2. The van der Waals surface area contributed by atoms with Crippen molar-refractivity contribution < 1.29 is 14.7 Å². The van der Waals surface area contributed by atoms with Crippen LogP contribution in [0, 0.1) is 5.92 Å². The van der Waals surface area contributed by atoms with Crippen LogP contribution in [0.4, 0.5) is 0 Å². The van der Waals surface area contributed by atoms with Gasteiger partial charge in [-0.15, -0.1) is 0 Å². The molecular formula is C13H18Cl2N2O3. The fraction of sp³-hybridized carbons (Fsp3) is 0.538. The van der Waals surface area contributed by atoms with E-state index in [0.717, 1.165) is 6.42 Å². The van der Waals surface area contributed by atoms with E-state index >= 15 is 0 Å². The molecule has 112 valence electrons. The summed E-state index contributed by atoms with van der Waals surface area (Å²) in [4.78, 5) is 25.2. The smallest absolute Gasteiger partial charge is 0.306 e. The van der Waals surface area contributed by atoms with E-state index in [1.165, 1.54) is 6.07 Å². The molecule has 0 fully saturated rings. The van der Waals surface area contributed by atoms with Crippen LogP contribution in [-0.4, -0.2) is 28.0 Å². The van der Waals surface area contributed by atoms with Crippen LogP contribution in [0.3, 0.4) is 0 Å². The van der Waals surface area contributed by atoms with Gasteiger partial charge >= 0.3 is 5.97 Å². The van der Waals surface area contributed by atoms with Gasteiger partial charge in [-0.05, 0) is 25.8 Å². The van der Waals surface area contributed by atoms with Crippen molar-refractivity contribution in [1.82, 2.24) is 10.3 Å². The molecule has 1 aromatic rings. The maximum atomic E-state index is 11.9. The molecule has 2 atom stereocenters. The van der Waals surface area contributed by atoms with E-state index in [1.54, 1.807) is 6.92 Å². The highest BCUT2D eigenvalue weighted by Crippen LogP contribution is 2.21. The highest BCUT2D eigenvalue weighted by molar-refractivity contribution is 6.41. The minimum atomic E-state index is -0.794. The second-order valence-corrected chi connectivity index (χ2v) is 5.67. The summed E-state index contributed by atoms with van der Waals surface area (Å²) in [6, 6.07) is 1.42. The zero-order valence-corrected chi connectivity index (χ0v) is 12.9. The first-order valence-corrected chi connectivity index (χ1v) is 7.14. The van der Waals surface area contributed by atoms with Gasteiger partial charge in [-0.3, -0.25) is 9.59 Å². The molecule has 0 spiro atoms. The van der Waals surface area contributed by atoms with Crippen molar-refractivity contribution in [1.29, 1.82) is 0 Å². The molecule has 0 saturated carbocycles. The van der Waals surface area contributed by atoms with Crippen molar-refractivity contribution in [3.05, 3.63) is 21.9 Å². The second kappa shape index (κ2) is 7.55. The van der Waals surface area contributed by atoms with E-state index in [0.29, 0.717) is 23.6 Å². The first-order chi connectivity index (χ1) is 9.31. The standard InChI is InChI=1S/C13H18Cl2N2O3/c1-7(13(19)20)4-3-5-8(2)16-12(18)10-6-9(14)11(15)17-10/h6-8,17H,3-5H2,1-2H3,(H,16,18)(H,19,20). The van der Waals surface area contributed by atoms with Gasteiger partial charge in [0.15, 0.2) is 0 Å². The van der Waals surface area contributed by atoms with Crippen LogP contribution in [0.25, 0.3) is 0 Å². The van der Waals surface area contributed by atoms with Gasteiger partial charge in [-0.1, -0.05) is 36.5 Å². The normalized spacial score (nSPS) is 13.8. The molecule has 20 heavy (non-hydrogen) atoms. The van der Waals surface area contributed by atoms with E-state index < -0.39 is 5.97 Å². The van der Waals surface area contributed by atoms with Gasteiger partial charge in [-0.25, -0.2) is 0 Å². The number of H-pyrrole nitrogens is 1. The summed E-state index contributed by atoms with van der Waals surface area (Å²) in [5, 5.41) is 12.1. The number of nitrogens with one attached hydrogen (secondary N) is 2. The molecule has 5 nitrogen and oxygen atoms in total. The maximum Gasteiger partial charge on any atom is 0.306 e. The molecule has 0 aliphatic heterocycles. The predicted octanol–water partition coefficient (Wildman–Crippen LogP) is 3.33. The fourth-order valence-electron chi connectivity index (χ4n) is 1.75. The minimum Gasteiger partial charge on any atom is -0.481 e. The molecular weight excluding hydrogens is 303 g/mol. The molecule has 3 N–H and O–H groups in total. The fourth-order valence-corrected chi connectivity index (χ4v) is 2.07. The van der Waals surface area contributed by atoms with Crippen LogP contribution >= 0.6 is 23.2 Å². The number of carboxylic acid groups (broad SMARTS) is 1. The lowest BCUT2D eigenvalue weighted by molar-refractivity contribution is -0.141. The summed E-state index contributed by atoms with van der Waals surface area (Å²) >= 11 is 11.5. The number of aromatic amines is 1. The number of amides is 1. The average molecular weight is 321 g/mol. The average Bonchev–Trinajstić information content (AvgIpc) is 2.69. The summed E-state index contributed by atoms with van der Waals surface area (Å²) in [6.45, 7) is 3.55. The van der Waals surface area contributed by atoms with Gasteiger partial charge in [0.25, 0.3) is 5.91 Å². The van der Waals surface area contributed by atoms with Crippen LogP contribution < -0.4 is 5.32 Å². The monoisotopic (exact) mass is 320 g/mol. The summed E-state index contributed by atoms with van der Waals surface area (Å²) in [5.74, 6) is -1.44. The summed E-state index contributed by atoms with van der Waals surface area (Å²) < 4.78 is 0. The quantitative estimate of drug-likeness (QED) is 0.720. The van der Waals surface area contributed by atoms with Crippen molar-refractivity contribution >= 4 is 35.1 Å². The van der Waals surface area contributed by atoms with Gasteiger partial charge in [0, 0.05) is 6.04 Å². The molecule has 1 aromatic heterocycles. The number of aliphatic carboxylic acids is 1. The van der Waals surface area contributed by atoms with Crippen molar-refractivity contribution in [2.75, 3.05) is 0 Å². The lowest BCUT2D eigenvalue weighted by Gasteiger charge is -2.14. The van der Waals surface area contributed by atoms with E-state index in [1.807, 2.05) is 6.92 Å². The third-order valence-electron chi connectivity index (χ3n) is 3.04. The van der Waals surface area contributed by atoms with Gasteiger partial charge in [0.2, 0.25) is 0 Å². The number of rotatable bonds is 7. The minimum absolute atomic E-state index is 0.0515. The van der Waals surface area contributed by atoms with Gasteiger partial charge in [0.1, 0.15) is 10.8 Å². The highest BCUT2D eigenvalue weighted by Gasteiger charge is 2.15. The Balaban J connectivity index is 2.37. The number of carbonyl (C=O) groups excluding carboxylic acids is 1. The molecule has 2 unspecified atom stereocenters. The Hall–Kier alpha value is -1.20. The summed E-state index contributed by atoms with van der Waals surface area (Å²) in [5.41, 5.74) is 0.311. The van der Waals surface area contributed by atoms with E-state index in [4.69, 9.17) is 28.3 Å². The Morgan fingerprint density at radius 2 is 2.00 bits per heavy atom. The third-order valence-corrected chi connectivity index (χ3v) is 3.74. The molecule has 0 aliphatic carbocycles. The first kappa shape index (κ1) is 16.9. The first-order valence-electron chi connectivity index (χ1n) is 6.39. The van der Waals surface area contributed by atoms with Crippen molar-refractivity contribution in [2.45, 2.75) is 39.2 Å². The topological polar surface area (TPSA) is 82.2 Å². The van der Waals surface area contributed by atoms with E-state index in [2.05, 4.69) is 10.3 Å². The summed E-state index contributed by atoms with van der Waals surface area (Å²) in [6.07, 6.45) is 2.04. The third kappa shape index (κ3) is 5.06. The number of carboxylic acids is 1. The lowest BCUT2D eigenvalue weighted by atomic mass is 10.0. The van der Waals surface area contributed by atoms with Crippen LogP contribution in [0.15, 0.2) is 6.07 Å². The van der Waals surface area contributed by atoms with Crippen molar-refractivity contribution in [3.63, 3.8) is 0 Å². The molecule has 0 saturated heterocycles. The van der Waals surface area contributed by atoms with Crippen molar-refractivity contribution in [3.8, 4) is 0 Å².